The molecule has 2 rings (SSSR count). The molecule has 0 aromatic heterocycles. The predicted octanol–water partition coefficient (Wildman–Crippen LogP) is 0.500. The molecule has 1 atom stereocenters. The van der Waals surface area contributed by atoms with Crippen molar-refractivity contribution in [2.75, 3.05) is 40.9 Å². The fourth-order valence-electron chi connectivity index (χ4n) is 2.63. The molecule has 0 spiro atoms. The van der Waals surface area contributed by atoms with Crippen LogP contribution in [0.15, 0.2) is 18.2 Å². The van der Waals surface area contributed by atoms with Gasteiger partial charge in [-0.05, 0) is 25.1 Å². The van der Waals surface area contributed by atoms with E-state index in [9.17, 15) is 9.90 Å². The summed E-state index contributed by atoms with van der Waals surface area (Å²) in [5.41, 5.74) is -0.501. The van der Waals surface area contributed by atoms with E-state index in [1.54, 1.807) is 25.2 Å². The van der Waals surface area contributed by atoms with Crippen molar-refractivity contribution in [3.05, 3.63) is 23.8 Å². The standard InChI is InChI=1S/C15H22N2O4/c1-17(10-15(19)7-8-16-9-15)14(18)13-11(20-2)5-4-6-12(13)21-3/h4-6,16,19H,7-10H2,1-3H3. The molecular weight excluding hydrogens is 272 g/mol. The van der Waals surface area contributed by atoms with Crippen molar-refractivity contribution in [3.63, 3.8) is 0 Å². The van der Waals surface area contributed by atoms with Gasteiger partial charge >= 0.3 is 0 Å². The summed E-state index contributed by atoms with van der Waals surface area (Å²) in [4.78, 5) is 14.2. The zero-order chi connectivity index (χ0) is 15.5. The first-order valence-corrected chi connectivity index (χ1v) is 6.90. The number of β-amino-alcohol motifs (C(OH)–C–C–N with tert-alkyl or cyclic N) is 1. The van der Waals surface area contributed by atoms with Gasteiger partial charge in [-0.3, -0.25) is 4.79 Å². The van der Waals surface area contributed by atoms with E-state index in [4.69, 9.17) is 9.47 Å². The van der Waals surface area contributed by atoms with E-state index in [-0.39, 0.29) is 12.5 Å². The Morgan fingerprint density at radius 1 is 1.38 bits per heavy atom. The van der Waals surface area contributed by atoms with Gasteiger partial charge in [0, 0.05) is 13.6 Å². The van der Waals surface area contributed by atoms with E-state index >= 15 is 0 Å². The molecule has 1 saturated heterocycles. The summed E-state index contributed by atoms with van der Waals surface area (Å²) in [6, 6.07) is 5.20. The molecule has 116 valence electrons. The molecule has 1 fully saturated rings. The summed E-state index contributed by atoms with van der Waals surface area (Å²) in [6.45, 7) is 1.52. The first kappa shape index (κ1) is 15.6. The molecule has 0 aliphatic carbocycles. The van der Waals surface area contributed by atoms with Gasteiger partial charge < -0.3 is 24.8 Å². The van der Waals surface area contributed by atoms with Crippen molar-refractivity contribution in [1.29, 1.82) is 0 Å². The van der Waals surface area contributed by atoms with Gasteiger partial charge in [-0.25, -0.2) is 0 Å². The summed E-state index contributed by atoms with van der Waals surface area (Å²) >= 11 is 0. The molecule has 1 unspecified atom stereocenters. The highest BCUT2D eigenvalue weighted by atomic mass is 16.5. The van der Waals surface area contributed by atoms with Crippen LogP contribution in [0.3, 0.4) is 0 Å². The third-order valence-corrected chi connectivity index (χ3v) is 3.74. The number of benzene rings is 1. The third-order valence-electron chi connectivity index (χ3n) is 3.74. The van der Waals surface area contributed by atoms with Gasteiger partial charge in [-0.15, -0.1) is 0 Å². The van der Waals surface area contributed by atoms with E-state index < -0.39 is 5.60 Å². The highest BCUT2D eigenvalue weighted by Gasteiger charge is 2.34. The molecule has 21 heavy (non-hydrogen) atoms. The third kappa shape index (κ3) is 3.28. The summed E-state index contributed by atoms with van der Waals surface area (Å²) < 4.78 is 10.5. The van der Waals surface area contributed by atoms with E-state index in [1.165, 1.54) is 19.1 Å². The SMILES string of the molecule is COc1cccc(OC)c1C(=O)N(C)CC1(O)CCNC1. The Labute approximate surface area is 124 Å². The summed E-state index contributed by atoms with van der Waals surface area (Å²) in [6.07, 6.45) is 0.633. The first-order valence-electron chi connectivity index (χ1n) is 6.90. The number of likely N-dealkylation sites (N-methyl/N-ethyl adjacent to an activating group) is 1. The Morgan fingerprint density at radius 3 is 2.48 bits per heavy atom. The van der Waals surface area contributed by atoms with Crippen molar-refractivity contribution in [2.24, 2.45) is 0 Å². The Balaban J connectivity index is 2.22. The zero-order valence-electron chi connectivity index (χ0n) is 12.7. The average Bonchev–Trinajstić information content (AvgIpc) is 2.91. The number of carbonyl (C=O) groups is 1. The number of rotatable bonds is 5. The maximum atomic E-state index is 12.7. The molecule has 0 saturated carbocycles. The van der Waals surface area contributed by atoms with Gasteiger partial charge in [-0.1, -0.05) is 6.07 Å². The van der Waals surface area contributed by atoms with Crippen molar-refractivity contribution >= 4 is 5.91 Å². The van der Waals surface area contributed by atoms with Crippen LogP contribution in [-0.4, -0.2) is 62.4 Å². The lowest BCUT2D eigenvalue weighted by atomic mass is 10.0. The van der Waals surface area contributed by atoms with Crippen molar-refractivity contribution < 1.29 is 19.4 Å². The summed E-state index contributed by atoms with van der Waals surface area (Å²) in [5, 5.41) is 13.5. The highest BCUT2D eigenvalue weighted by molar-refractivity contribution is 5.99. The fourth-order valence-corrected chi connectivity index (χ4v) is 2.63. The lowest BCUT2D eigenvalue weighted by molar-refractivity contribution is 0.0250. The van der Waals surface area contributed by atoms with Crippen molar-refractivity contribution in [1.82, 2.24) is 10.2 Å². The smallest absolute Gasteiger partial charge is 0.261 e. The van der Waals surface area contributed by atoms with Crippen LogP contribution >= 0.6 is 0 Å². The maximum Gasteiger partial charge on any atom is 0.261 e. The largest absolute Gasteiger partial charge is 0.496 e. The molecular formula is C15H22N2O4. The van der Waals surface area contributed by atoms with E-state index in [0.29, 0.717) is 30.0 Å². The van der Waals surface area contributed by atoms with Crippen LogP contribution in [0.25, 0.3) is 0 Å². The fraction of sp³-hybridized carbons (Fsp3) is 0.533. The Hall–Kier alpha value is -1.79. The van der Waals surface area contributed by atoms with Crippen LogP contribution in [0.5, 0.6) is 11.5 Å². The van der Waals surface area contributed by atoms with E-state index in [2.05, 4.69) is 5.32 Å². The van der Waals surface area contributed by atoms with E-state index in [1.807, 2.05) is 0 Å². The Morgan fingerprint density at radius 2 is 2.00 bits per heavy atom. The second-order valence-electron chi connectivity index (χ2n) is 5.35. The normalized spacial score (nSPS) is 21.1. The van der Waals surface area contributed by atoms with Gasteiger partial charge in [0.2, 0.25) is 0 Å². The lowest BCUT2D eigenvalue weighted by Gasteiger charge is -2.28. The molecule has 0 bridgehead atoms. The average molecular weight is 294 g/mol. The molecule has 1 aromatic rings. The minimum atomic E-state index is -0.875. The highest BCUT2D eigenvalue weighted by Crippen LogP contribution is 2.30. The number of carbonyl (C=O) groups excluding carboxylic acids is 1. The van der Waals surface area contributed by atoms with Gasteiger partial charge in [-0.2, -0.15) is 0 Å². The number of hydrogen-bond acceptors (Lipinski definition) is 5. The molecule has 1 aromatic carbocycles. The molecule has 0 radical (unpaired) electrons. The second kappa shape index (κ2) is 6.32. The van der Waals surface area contributed by atoms with Crippen molar-refractivity contribution in [3.8, 4) is 11.5 Å². The molecule has 6 heteroatoms. The van der Waals surface area contributed by atoms with Crippen LogP contribution in [0, 0.1) is 0 Å². The Bertz CT molecular complexity index is 490. The lowest BCUT2D eigenvalue weighted by Crippen LogP contribution is -2.45. The van der Waals surface area contributed by atoms with Gasteiger partial charge in [0.1, 0.15) is 17.1 Å². The van der Waals surface area contributed by atoms with E-state index in [0.717, 1.165) is 6.54 Å². The molecule has 1 aliphatic rings. The maximum absolute atomic E-state index is 12.7. The number of aliphatic hydroxyl groups is 1. The van der Waals surface area contributed by atoms with Gasteiger partial charge in [0.05, 0.1) is 26.4 Å². The number of nitrogens with zero attached hydrogens (tertiary/aromatic N) is 1. The Kier molecular flexibility index (Phi) is 4.69. The zero-order valence-corrected chi connectivity index (χ0v) is 12.7. The van der Waals surface area contributed by atoms with Gasteiger partial charge in [0.15, 0.2) is 0 Å². The van der Waals surface area contributed by atoms with Crippen LogP contribution in [0.2, 0.25) is 0 Å². The molecule has 6 nitrogen and oxygen atoms in total. The monoisotopic (exact) mass is 294 g/mol. The number of methoxy groups -OCH3 is 2. The predicted molar refractivity (Wildman–Crippen MR) is 78.9 cm³/mol. The number of ether oxygens (including phenoxy) is 2. The molecule has 2 N–H and O–H groups in total. The van der Waals surface area contributed by atoms with Crippen LogP contribution in [0.1, 0.15) is 16.8 Å². The van der Waals surface area contributed by atoms with Crippen LogP contribution in [0.4, 0.5) is 0 Å². The molecule has 1 heterocycles. The number of hydrogen-bond donors (Lipinski definition) is 2. The minimum absolute atomic E-state index is 0.232. The quantitative estimate of drug-likeness (QED) is 0.827. The minimum Gasteiger partial charge on any atom is -0.496 e. The summed E-state index contributed by atoms with van der Waals surface area (Å²) in [5.74, 6) is 0.690. The topological polar surface area (TPSA) is 71.0 Å². The number of nitrogens with one attached hydrogen (secondary N) is 1. The first-order chi connectivity index (χ1) is 10.0. The van der Waals surface area contributed by atoms with Gasteiger partial charge in [0.25, 0.3) is 5.91 Å². The number of amides is 1. The van der Waals surface area contributed by atoms with Crippen molar-refractivity contribution in [2.45, 2.75) is 12.0 Å². The summed E-state index contributed by atoms with van der Waals surface area (Å²) in [7, 11) is 4.70. The van der Waals surface area contributed by atoms with Crippen LogP contribution in [-0.2, 0) is 0 Å². The second-order valence-corrected chi connectivity index (χ2v) is 5.35. The molecule has 1 amide bonds. The molecule has 1 aliphatic heterocycles. The van der Waals surface area contributed by atoms with Crippen LogP contribution < -0.4 is 14.8 Å².